The third-order valence-electron chi connectivity index (χ3n) is 5.19. The van der Waals surface area contributed by atoms with E-state index in [1.54, 1.807) is 26.2 Å². The first-order valence-electron chi connectivity index (χ1n) is 8.48. The van der Waals surface area contributed by atoms with Crippen LogP contribution in [0.25, 0.3) is 0 Å². The average molecular weight is 336 g/mol. The van der Waals surface area contributed by atoms with Crippen LogP contribution in [0.15, 0.2) is 18.2 Å². The van der Waals surface area contributed by atoms with E-state index in [0.717, 1.165) is 32.4 Å². The molecule has 6 heteroatoms. The van der Waals surface area contributed by atoms with Gasteiger partial charge >= 0.3 is 0 Å². The highest BCUT2D eigenvalue weighted by molar-refractivity contribution is 5.93. The Labute approximate surface area is 142 Å². The minimum absolute atomic E-state index is 0.0162. The van der Waals surface area contributed by atoms with Gasteiger partial charge in [0.25, 0.3) is 0 Å². The summed E-state index contributed by atoms with van der Waals surface area (Å²) in [6, 6.07) is 4.70. The summed E-state index contributed by atoms with van der Waals surface area (Å²) in [5.74, 6) is -0.451. The number of rotatable bonds is 4. The number of benzene rings is 1. The number of amides is 1. The predicted molar refractivity (Wildman–Crippen MR) is 89.5 cm³/mol. The van der Waals surface area contributed by atoms with Gasteiger partial charge in [0.05, 0.1) is 18.2 Å². The lowest BCUT2D eigenvalue weighted by Gasteiger charge is -2.44. The monoisotopic (exact) mass is 336 g/mol. The van der Waals surface area contributed by atoms with Crippen LogP contribution in [-0.2, 0) is 14.3 Å². The molecule has 1 aromatic carbocycles. The van der Waals surface area contributed by atoms with Gasteiger partial charge in [-0.2, -0.15) is 0 Å². The van der Waals surface area contributed by atoms with E-state index in [9.17, 15) is 9.18 Å². The van der Waals surface area contributed by atoms with E-state index in [-0.39, 0.29) is 30.0 Å². The molecule has 0 radical (unpaired) electrons. The maximum atomic E-state index is 13.6. The van der Waals surface area contributed by atoms with Gasteiger partial charge in [0.1, 0.15) is 5.82 Å². The van der Waals surface area contributed by atoms with Gasteiger partial charge in [-0.15, -0.1) is 0 Å². The molecular formula is C18H25FN2O3. The molecule has 1 N–H and O–H groups in total. The molecule has 0 aromatic heterocycles. The van der Waals surface area contributed by atoms with E-state index in [2.05, 4.69) is 10.2 Å². The maximum absolute atomic E-state index is 13.6. The van der Waals surface area contributed by atoms with Gasteiger partial charge in [-0.3, -0.25) is 9.69 Å². The summed E-state index contributed by atoms with van der Waals surface area (Å²) < 4.78 is 25.2. The number of halogens is 1. The first kappa shape index (κ1) is 17.3. The Hall–Kier alpha value is -1.50. The lowest BCUT2D eigenvalue weighted by atomic mass is 9.86. The quantitative estimate of drug-likeness (QED) is 0.917. The first-order chi connectivity index (χ1) is 11.5. The van der Waals surface area contributed by atoms with Crippen molar-refractivity contribution in [2.75, 3.05) is 38.7 Å². The van der Waals surface area contributed by atoms with Gasteiger partial charge in [-0.05, 0) is 38.3 Å². The molecule has 2 heterocycles. The molecule has 0 aliphatic carbocycles. The second-order valence-corrected chi connectivity index (χ2v) is 6.69. The van der Waals surface area contributed by atoms with Crippen molar-refractivity contribution in [3.05, 3.63) is 29.6 Å². The number of carbonyl (C=O) groups is 1. The van der Waals surface area contributed by atoms with Crippen LogP contribution in [0.4, 0.5) is 10.1 Å². The molecule has 132 valence electrons. The third-order valence-corrected chi connectivity index (χ3v) is 5.19. The van der Waals surface area contributed by atoms with Crippen LogP contribution < -0.4 is 5.32 Å². The molecule has 2 atom stereocenters. The molecule has 0 unspecified atom stereocenters. The van der Waals surface area contributed by atoms with Gasteiger partial charge in [-0.1, -0.05) is 6.07 Å². The third kappa shape index (κ3) is 3.45. The highest BCUT2D eigenvalue weighted by Crippen LogP contribution is 2.37. The Morgan fingerprint density at radius 3 is 3.04 bits per heavy atom. The van der Waals surface area contributed by atoms with Crippen LogP contribution in [0.1, 0.15) is 24.8 Å². The minimum atomic E-state index is -0.314. The van der Waals surface area contributed by atoms with E-state index in [1.165, 1.54) is 6.07 Å². The summed E-state index contributed by atoms with van der Waals surface area (Å²) in [6.45, 7) is 4.19. The molecule has 3 rings (SSSR count). The van der Waals surface area contributed by atoms with E-state index >= 15 is 0 Å². The highest BCUT2D eigenvalue weighted by Gasteiger charge is 2.46. The molecule has 1 spiro atoms. The summed E-state index contributed by atoms with van der Waals surface area (Å²) in [4.78, 5) is 14.4. The number of nitrogens with zero attached hydrogens (tertiary/aromatic N) is 1. The normalized spacial score (nSPS) is 27.5. The van der Waals surface area contributed by atoms with E-state index in [0.29, 0.717) is 17.8 Å². The smallest absolute Gasteiger partial charge is 0.238 e. The maximum Gasteiger partial charge on any atom is 0.238 e. The molecule has 0 saturated carbocycles. The highest BCUT2D eigenvalue weighted by atomic mass is 19.1. The number of piperidine rings is 1. The fourth-order valence-corrected chi connectivity index (χ4v) is 3.74. The molecule has 0 bridgehead atoms. The van der Waals surface area contributed by atoms with Crippen molar-refractivity contribution < 1.29 is 18.7 Å². The standard InChI is InChI=1S/C18H25FN2O3/c1-13-14(19)5-3-6-15(13)20-17(22)12-21-9-8-18(7-4-10-24-18)16(11-21)23-2/h3,5-6,16H,4,7-12H2,1-2H3,(H,20,22)/t16-,18-/m1/s1. The zero-order valence-corrected chi connectivity index (χ0v) is 14.3. The fourth-order valence-electron chi connectivity index (χ4n) is 3.74. The van der Waals surface area contributed by atoms with E-state index in [1.807, 2.05) is 0 Å². The van der Waals surface area contributed by atoms with Gasteiger partial charge in [0.15, 0.2) is 0 Å². The largest absolute Gasteiger partial charge is 0.377 e. The van der Waals surface area contributed by atoms with Crippen molar-refractivity contribution in [3.63, 3.8) is 0 Å². The molecular weight excluding hydrogens is 311 g/mol. The van der Waals surface area contributed by atoms with Crippen LogP contribution >= 0.6 is 0 Å². The van der Waals surface area contributed by atoms with Crippen LogP contribution in [0.2, 0.25) is 0 Å². The zero-order valence-electron chi connectivity index (χ0n) is 14.3. The second kappa shape index (κ2) is 7.17. The average Bonchev–Trinajstić information content (AvgIpc) is 3.03. The number of anilines is 1. The second-order valence-electron chi connectivity index (χ2n) is 6.69. The zero-order chi connectivity index (χ0) is 17.2. The number of hydrogen-bond acceptors (Lipinski definition) is 4. The van der Waals surface area contributed by atoms with Crippen LogP contribution in [0.3, 0.4) is 0 Å². The van der Waals surface area contributed by atoms with Gasteiger partial charge < -0.3 is 14.8 Å². The molecule has 2 aliphatic rings. The predicted octanol–water partition coefficient (Wildman–Crippen LogP) is 2.34. The van der Waals surface area contributed by atoms with Crippen molar-refractivity contribution in [2.45, 2.75) is 37.9 Å². The number of likely N-dealkylation sites (tertiary alicyclic amines) is 1. The number of ether oxygens (including phenoxy) is 2. The number of methoxy groups -OCH3 is 1. The van der Waals surface area contributed by atoms with Crippen LogP contribution in [0.5, 0.6) is 0 Å². The molecule has 5 nitrogen and oxygen atoms in total. The van der Waals surface area contributed by atoms with Crippen molar-refractivity contribution in [1.82, 2.24) is 4.90 Å². The van der Waals surface area contributed by atoms with Crippen LogP contribution in [0, 0.1) is 12.7 Å². The molecule has 2 aliphatic heterocycles. The van der Waals surface area contributed by atoms with E-state index < -0.39 is 0 Å². The summed E-state index contributed by atoms with van der Waals surface area (Å²) in [6.07, 6.45) is 2.95. The van der Waals surface area contributed by atoms with Crippen molar-refractivity contribution >= 4 is 11.6 Å². The molecule has 24 heavy (non-hydrogen) atoms. The Bertz CT molecular complexity index is 602. The fraction of sp³-hybridized carbons (Fsp3) is 0.611. The molecule has 1 aromatic rings. The van der Waals surface area contributed by atoms with E-state index in [4.69, 9.17) is 9.47 Å². The summed E-state index contributed by atoms with van der Waals surface area (Å²) in [7, 11) is 1.70. The van der Waals surface area contributed by atoms with Gasteiger partial charge in [0.2, 0.25) is 5.91 Å². The first-order valence-corrected chi connectivity index (χ1v) is 8.48. The van der Waals surface area contributed by atoms with Gasteiger partial charge in [-0.25, -0.2) is 4.39 Å². The lowest BCUT2D eigenvalue weighted by Crippen LogP contribution is -2.57. The number of nitrogens with one attached hydrogen (secondary N) is 1. The number of carbonyl (C=O) groups excluding carboxylic acids is 1. The minimum Gasteiger partial charge on any atom is -0.377 e. The summed E-state index contributed by atoms with van der Waals surface area (Å²) in [5.41, 5.74) is 0.800. The Morgan fingerprint density at radius 1 is 1.50 bits per heavy atom. The SMILES string of the molecule is CO[C@@H]1CN(CC(=O)Nc2cccc(F)c2C)CC[C@]12CCCO2. The summed E-state index contributed by atoms with van der Waals surface area (Å²) in [5, 5.41) is 2.80. The Morgan fingerprint density at radius 2 is 2.33 bits per heavy atom. The number of hydrogen-bond donors (Lipinski definition) is 1. The van der Waals surface area contributed by atoms with Crippen molar-refractivity contribution in [1.29, 1.82) is 0 Å². The molecule has 2 fully saturated rings. The van der Waals surface area contributed by atoms with Crippen molar-refractivity contribution in [3.8, 4) is 0 Å². The van der Waals surface area contributed by atoms with Gasteiger partial charge in [0, 0.05) is 38.1 Å². The lowest BCUT2D eigenvalue weighted by molar-refractivity contribution is -0.145. The summed E-state index contributed by atoms with van der Waals surface area (Å²) >= 11 is 0. The topological polar surface area (TPSA) is 50.8 Å². The molecule has 1 amide bonds. The van der Waals surface area contributed by atoms with Crippen molar-refractivity contribution in [2.24, 2.45) is 0 Å². The Balaban J connectivity index is 1.58. The Kier molecular flexibility index (Phi) is 5.18. The molecule has 2 saturated heterocycles. The van der Waals surface area contributed by atoms with Crippen LogP contribution in [-0.4, -0.2) is 55.9 Å².